The largest absolute Gasteiger partial charge is 0.459 e. The van der Waals surface area contributed by atoms with E-state index in [4.69, 9.17) is 13.7 Å². The monoisotopic (exact) mass is 602 g/mol. The molecule has 0 N–H and O–H groups in total. The molecule has 2 aromatic rings. The Kier molecular flexibility index (Phi) is 6.39. The van der Waals surface area contributed by atoms with E-state index >= 15 is 0 Å². The van der Waals surface area contributed by atoms with Crippen LogP contribution < -0.4 is 4.18 Å². The Labute approximate surface area is 253 Å². The highest BCUT2D eigenvalue weighted by Gasteiger charge is 2.72. The number of ether oxygens (including phenoxy) is 2. The van der Waals surface area contributed by atoms with Gasteiger partial charge in [0.05, 0.1) is 17.6 Å². The summed E-state index contributed by atoms with van der Waals surface area (Å²) in [6.07, 6.45) is 4.99. The van der Waals surface area contributed by atoms with Crippen LogP contribution in [0.5, 0.6) is 5.75 Å². The lowest BCUT2D eigenvalue weighted by Crippen LogP contribution is -2.64. The first kappa shape index (κ1) is 28.5. The molecule has 9 atom stereocenters. The lowest BCUT2D eigenvalue weighted by Gasteiger charge is -2.58. The number of allylic oxidation sites excluding steroid dienone is 2. The van der Waals surface area contributed by atoms with Gasteiger partial charge in [-0.2, -0.15) is 8.42 Å². The highest BCUT2D eigenvalue weighted by molar-refractivity contribution is 7.87. The molecule has 43 heavy (non-hydrogen) atoms. The van der Waals surface area contributed by atoms with Crippen molar-refractivity contribution in [3.05, 3.63) is 83.0 Å². The van der Waals surface area contributed by atoms with E-state index in [1.807, 2.05) is 26.0 Å². The second kappa shape index (κ2) is 9.63. The summed E-state index contributed by atoms with van der Waals surface area (Å²) in [6.45, 7) is 10.2. The van der Waals surface area contributed by atoms with Gasteiger partial charge in [-0.05, 0) is 86.9 Å². The zero-order valence-corrected chi connectivity index (χ0v) is 26.0. The first-order valence-electron chi connectivity index (χ1n) is 15.3. The lowest BCUT2D eigenvalue weighted by atomic mass is 9.45. The van der Waals surface area contributed by atoms with E-state index in [0.29, 0.717) is 0 Å². The second-order valence-corrected chi connectivity index (χ2v) is 15.0. The van der Waals surface area contributed by atoms with Crippen LogP contribution in [0.25, 0.3) is 0 Å². The molecule has 3 fully saturated rings. The third-order valence-corrected chi connectivity index (χ3v) is 12.6. The molecule has 0 amide bonds. The molecule has 8 heteroatoms. The van der Waals surface area contributed by atoms with Crippen LogP contribution in [-0.2, 0) is 29.2 Å². The minimum Gasteiger partial charge on any atom is -0.459 e. The molecular weight excluding hydrogens is 564 g/mol. The summed E-state index contributed by atoms with van der Waals surface area (Å²) in [6, 6.07) is 13.9. The van der Waals surface area contributed by atoms with Crippen molar-refractivity contribution >= 4 is 21.9 Å². The fraction of sp³-hybridized carbons (Fsp3) is 0.486. The van der Waals surface area contributed by atoms with Crippen molar-refractivity contribution in [3.8, 4) is 5.75 Å². The first-order chi connectivity index (χ1) is 20.4. The molecule has 7 nitrogen and oxygen atoms in total. The summed E-state index contributed by atoms with van der Waals surface area (Å²) in [5.41, 5.74) is 3.07. The Morgan fingerprint density at radius 3 is 2.35 bits per heavy atom. The summed E-state index contributed by atoms with van der Waals surface area (Å²) < 4.78 is 44.0. The molecule has 3 aliphatic carbocycles. The minimum atomic E-state index is -3.93. The Morgan fingerprint density at radius 2 is 1.67 bits per heavy atom. The van der Waals surface area contributed by atoms with Crippen LogP contribution in [0.15, 0.2) is 76.7 Å². The third kappa shape index (κ3) is 4.05. The Balaban J connectivity index is 1.15. The van der Waals surface area contributed by atoms with Gasteiger partial charge < -0.3 is 13.7 Å². The van der Waals surface area contributed by atoms with Crippen molar-refractivity contribution in [1.29, 1.82) is 0 Å². The number of fused-ring (bicyclic) bond motifs is 3. The van der Waals surface area contributed by atoms with E-state index in [9.17, 15) is 18.0 Å². The van der Waals surface area contributed by atoms with Gasteiger partial charge in [-0.15, -0.1) is 0 Å². The van der Waals surface area contributed by atoms with Crippen LogP contribution in [0, 0.1) is 35.5 Å². The maximum absolute atomic E-state index is 13.5. The number of hydrogen-bond acceptors (Lipinski definition) is 7. The highest BCUT2D eigenvalue weighted by Crippen LogP contribution is 2.65. The van der Waals surface area contributed by atoms with Crippen LogP contribution in [-0.4, -0.2) is 38.5 Å². The topological polar surface area (TPSA) is 96.0 Å². The number of ketones is 1. The van der Waals surface area contributed by atoms with Crippen molar-refractivity contribution in [2.24, 2.45) is 28.6 Å². The van der Waals surface area contributed by atoms with Crippen LogP contribution in [0.1, 0.15) is 64.0 Å². The fourth-order valence-corrected chi connectivity index (χ4v) is 10.1. The van der Waals surface area contributed by atoms with Gasteiger partial charge in [0.1, 0.15) is 16.7 Å². The van der Waals surface area contributed by atoms with E-state index in [2.05, 4.69) is 20.8 Å². The van der Waals surface area contributed by atoms with Crippen molar-refractivity contribution in [2.45, 2.75) is 83.0 Å². The number of rotatable bonds is 5. The normalized spacial score (nSPS) is 37.9. The Bertz CT molecular complexity index is 1670. The zero-order valence-electron chi connectivity index (χ0n) is 25.2. The van der Waals surface area contributed by atoms with Gasteiger partial charge in [-0.3, -0.25) is 9.59 Å². The van der Waals surface area contributed by atoms with E-state index in [0.717, 1.165) is 30.4 Å². The molecule has 226 valence electrons. The molecule has 0 radical (unpaired) electrons. The van der Waals surface area contributed by atoms with Gasteiger partial charge in [0.2, 0.25) is 0 Å². The zero-order chi connectivity index (χ0) is 30.5. The predicted octanol–water partition coefficient (Wildman–Crippen LogP) is 6.07. The summed E-state index contributed by atoms with van der Waals surface area (Å²) in [7, 11) is -3.93. The quantitative estimate of drug-likeness (QED) is 0.233. The molecule has 2 saturated heterocycles. The maximum atomic E-state index is 13.5. The molecule has 7 rings (SSSR count). The van der Waals surface area contributed by atoms with Gasteiger partial charge in [-0.1, -0.05) is 61.7 Å². The molecule has 2 aliphatic heterocycles. The van der Waals surface area contributed by atoms with Gasteiger partial charge in [0.15, 0.2) is 5.78 Å². The number of carbonyl (C=O) groups excluding carboxylic acids is 2. The minimum absolute atomic E-state index is 0.0669. The van der Waals surface area contributed by atoms with Gasteiger partial charge in [0, 0.05) is 17.3 Å². The van der Waals surface area contributed by atoms with Crippen molar-refractivity contribution in [1.82, 2.24) is 0 Å². The molecule has 1 saturated carbocycles. The van der Waals surface area contributed by atoms with E-state index < -0.39 is 27.1 Å². The fourth-order valence-electron chi connectivity index (χ4n) is 9.16. The summed E-state index contributed by atoms with van der Waals surface area (Å²) in [4.78, 5) is 26.9. The van der Waals surface area contributed by atoms with Gasteiger partial charge >= 0.3 is 16.1 Å². The highest BCUT2D eigenvalue weighted by atomic mass is 32.2. The smallest absolute Gasteiger partial charge is 0.339 e. The van der Waals surface area contributed by atoms with Crippen LogP contribution >= 0.6 is 0 Å². The molecule has 0 bridgehead atoms. The first-order valence-corrected chi connectivity index (χ1v) is 16.7. The number of esters is 1. The summed E-state index contributed by atoms with van der Waals surface area (Å²) >= 11 is 0. The average molecular weight is 603 g/mol. The maximum Gasteiger partial charge on any atom is 0.339 e. The molecule has 2 heterocycles. The van der Waals surface area contributed by atoms with Gasteiger partial charge in [0.25, 0.3) is 0 Å². The molecule has 0 spiro atoms. The number of benzene rings is 2. The Hall–Kier alpha value is -3.23. The van der Waals surface area contributed by atoms with E-state index in [1.165, 1.54) is 11.1 Å². The van der Waals surface area contributed by atoms with Crippen molar-refractivity contribution in [3.63, 3.8) is 0 Å². The van der Waals surface area contributed by atoms with Gasteiger partial charge in [-0.25, -0.2) is 0 Å². The van der Waals surface area contributed by atoms with Crippen LogP contribution in [0.3, 0.4) is 0 Å². The third-order valence-electron chi connectivity index (χ3n) is 11.3. The van der Waals surface area contributed by atoms with Crippen LogP contribution in [0.4, 0.5) is 0 Å². The second-order valence-electron chi connectivity index (χ2n) is 13.5. The molecule has 2 aromatic carbocycles. The SMILES string of the molecule is CC[C@H]1[C@@H]2CC3=C(C)[C@@H](c4ccc(OS(=O)(=O)c5ccc(C)cc5)cc4)C[C@@H]3O[C@@H]2[C@@H]2OC(=O)[C@]3(C)C=CC(=O)[C@@]1(C)[C@@H]23. The molecule has 5 aliphatic rings. The average Bonchev–Trinajstić information content (AvgIpc) is 3.44. The number of carbonyl (C=O) groups is 2. The summed E-state index contributed by atoms with van der Waals surface area (Å²) in [5, 5.41) is 0. The van der Waals surface area contributed by atoms with Crippen molar-refractivity contribution in [2.75, 3.05) is 0 Å². The molecular formula is C35H38O7S. The van der Waals surface area contributed by atoms with Crippen LogP contribution in [0.2, 0.25) is 0 Å². The molecule has 0 unspecified atom stereocenters. The standard InChI is InChI=1S/C35H38O7S/c1-6-27-26-17-25-20(3)24(21-9-11-22(12-10-21)42-43(38,39)23-13-7-19(2)8-14-23)18-28(25)40-30(26)31-32-34(4,33(37)41-31)16-15-29(36)35(27,32)5/h7-16,24,26-28,30-32H,6,17-18H2,1-5H3/t24-,26-,27-,28-,30-,31-,32-,34+,35-/m0/s1. The van der Waals surface area contributed by atoms with E-state index in [1.54, 1.807) is 48.6 Å². The predicted molar refractivity (Wildman–Crippen MR) is 160 cm³/mol. The van der Waals surface area contributed by atoms with Crippen molar-refractivity contribution < 1.29 is 31.7 Å². The Morgan fingerprint density at radius 1 is 0.977 bits per heavy atom. The van der Waals surface area contributed by atoms with E-state index in [-0.39, 0.29) is 58.3 Å². The molecule has 0 aromatic heterocycles. The lowest BCUT2D eigenvalue weighted by molar-refractivity contribution is -0.202. The number of hydrogen-bond donors (Lipinski definition) is 0. The number of aryl methyl sites for hydroxylation is 1. The summed E-state index contributed by atoms with van der Waals surface area (Å²) in [5.74, 6) is 0.0990.